The third-order valence-electron chi connectivity index (χ3n) is 2.88. The van der Waals surface area contributed by atoms with Gasteiger partial charge in [-0.3, -0.25) is 10.5 Å². The van der Waals surface area contributed by atoms with E-state index in [2.05, 4.69) is 0 Å². The van der Waals surface area contributed by atoms with Crippen molar-refractivity contribution in [1.82, 2.24) is 4.31 Å². The van der Waals surface area contributed by atoms with Crippen molar-refractivity contribution in [3.63, 3.8) is 0 Å². The number of ether oxygens (including phenoxy) is 1. The maximum atomic E-state index is 11.4. The second kappa shape index (κ2) is 5.58. The van der Waals surface area contributed by atoms with Crippen molar-refractivity contribution in [3.05, 3.63) is 0 Å². The fourth-order valence-electron chi connectivity index (χ4n) is 1.91. The molecule has 0 aliphatic heterocycles. The minimum Gasteiger partial charge on any atom is -0.450 e. The summed E-state index contributed by atoms with van der Waals surface area (Å²) in [5.41, 5.74) is 5.14. The van der Waals surface area contributed by atoms with E-state index in [0.717, 1.165) is 19.3 Å². The van der Waals surface area contributed by atoms with Crippen molar-refractivity contribution < 1.29 is 13.7 Å². The molecule has 5 nitrogen and oxygen atoms in total. The van der Waals surface area contributed by atoms with Gasteiger partial charge in [-0.1, -0.05) is 0 Å². The van der Waals surface area contributed by atoms with Crippen LogP contribution in [0.15, 0.2) is 0 Å². The molecular weight excluding hydrogens is 216 g/mol. The largest absolute Gasteiger partial charge is 0.450 e. The van der Waals surface area contributed by atoms with Crippen molar-refractivity contribution in [1.29, 1.82) is 0 Å². The molecule has 0 aromatic rings. The van der Waals surface area contributed by atoms with Gasteiger partial charge < -0.3 is 4.74 Å². The summed E-state index contributed by atoms with van der Waals surface area (Å²) in [5.74, 6) is -0.306. The highest BCUT2D eigenvalue weighted by molar-refractivity contribution is 7.81. The predicted octanol–water partition coefficient (Wildman–Crippen LogP) is -0.160. The zero-order chi connectivity index (χ0) is 11.4. The molecule has 3 atom stereocenters. The highest BCUT2D eigenvalue weighted by Gasteiger charge is 2.33. The lowest BCUT2D eigenvalue weighted by molar-refractivity contribution is -0.148. The van der Waals surface area contributed by atoms with Crippen LogP contribution in [0.5, 0.6) is 0 Å². The molecule has 1 rings (SSSR count). The zero-order valence-electron chi connectivity index (χ0n) is 9.14. The maximum Gasteiger partial charge on any atom is 0.310 e. The third kappa shape index (κ3) is 3.25. The molecule has 0 aromatic carbocycles. The number of hydrogen-bond donors (Lipinski definition) is 1. The number of nitrogens with zero attached hydrogens (tertiary/aromatic N) is 1. The van der Waals surface area contributed by atoms with E-state index in [1.165, 1.54) is 0 Å². The summed E-state index contributed by atoms with van der Waals surface area (Å²) in [4.78, 5) is 11.4. The standard InChI is InChI=1S/C9H18N2O3S/c1-11(15(2)13)8-4-3-7(5-8)9(12)14-6-10/h7-8H,3-6,10H2,1-2H3/t7-,8+,15?/m0/s1. The van der Waals surface area contributed by atoms with Crippen LogP contribution in [0.2, 0.25) is 0 Å². The Hall–Kier alpha value is -0.460. The van der Waals surface area contributed by atoms with Gasteiger partial charge in [-0.2, -0.15) is 0 Å². The molecule has 0 amide bonds. The molecule has 1 saturated carbocycles. The van der Waals surface area contributed by atoms with Crippen LogP contribution >= 0.6 is 0 Å². The highest BCUT2D eigenvalue weighted by atomic mass is 32.2. The number of hydrogen-bond acceptors (Lipinski definition) is 4. The van der Waals surface area contributed by atoms with Crippen LogP contribution in [0.3, 0.4) is 0 Å². The topological polar surface area (TPSA) is 72.6 Å². The van der Waals surface area contributed by atoms with Gasteiger partial charge >= 0.3 is 5.97 Å². The average Bonchev–Trinajstić information content (AvgIpc) is 2.65. The Morgan fingerprint density at radius 2 is 2.27 bits per heavy atom. The summed E-state index contributed by atoms with van der Waals surface area (Å²) in [6.45, 7) is -0.0600. The summed E-state index contributed by atoms with van der Waals surface area (Å²) in [6.07, 6.45) is 4.05. The SMILES string of the molecule is CN([C@@H]1CC[C@H](C(=O)OCN)C1)S(C)=O. The molecule has 0 aromatic heterocycles. The van der Waals surface area contributed by atoms with Crippen molar-refractivity contribution in [2.24, 2.45) is 11.7 Å². The van der Waals surface area contributed by atoms with Gasteiger partial charge in [-0.15, -0.1) is 0 Å². The number of rotatable bonds is 4. The quantitative estimate of drug-likeness (QED) is 0.542. The van der Waals surface area contributed by atoms with Gasteiger partial charge in [0.2, 0.25) is 0 Å². The van der Waals surface area contributed by atoms with Gasteiger partial charge in [-0.25, -0.2) is 8.51 Å². The Kier molecular flexibility index (Phi) is 4.69. The van der Waals surface area contributed by atoms with E-state index in [4.69, 9.17) is 10.5 Å². The smallest absolute Gasteiger partial charge is 0.310 e. The molecule has 2 N–H and O–H groups in total. The van der Waals surface area contributed by atoms with Crippen molar-refractivity contribution in [3.8, 4) is 0 Å². The number of nitrogens with two attached hydrogens (primary N) is 1. The van der Waals surface area contributed by atoms with Gasteiger partial charge in [0.15, 0.2) is 0 Å². The van der Waals surface area contributed by atoms with Crippen LogP contribution in [-0.2, 0) is 20.5 Å². The normalized spacial score (nSPS) is 28.0. The first-order valence-electron chi connectivity index (χ1n) is 4.99. The molecule has 1 aliphatic rings. The third-order valence-corrected chi connectivity index (χ3v) is 3.99. The lowest BCUT2D eigenvalue weighted by Crippen LogP contribution is -2.31. The summed E-state index contributed by atoms with van der Waals surface area (Å²) >= 11 is 0. The van der Waals surface area contributed by atoms with Gasteiger partial charge in [0.1, 0.15) is 6.73 Å². The van der Waals surface area contributed by atoms with E-state index >= 15 is 0 Å². The molecule has 0 radical (unpaired) electrons. The van der Waals surface area contributed by atoms with Crippen LogP contribution in [0.1, 0.15) is 19.3 Å². The lowest BCUT2D eigenvalue weighted by Gasteiger charge is -2.20. The highest BCUT2D eigenvalue weighted by Crippen LogP contribution is 2.30. The monoisotopic (exact) mass is 234 g/mol. The van der Waals surface area contributed by atoms with Crippen molar-refractivity contribution >= 4 is 17.0 Å². The Morgan fingerprint density at radius 1 is 1.60 bits per heavy atom. The fourth-order valence-corrected chi connectivity index (χ4v) is 2.52. The molecule has 1 unspecified atom stereocenters. The Bertz CT molecular complexity index is 260. The second-order valence-corrected chi connectivity index (χ2v) is 5.19. The first-order valence-corrected chi connectivity index (χ1v) is 6.50. The maximum absolute atomic E-state index is 11.4. The molecule has 88 valence electrons. The minimum absolute atomic E-state index is 0.0600. The van der Waals surface area contributed by atoms with E-state index in [0.29, 0.717) is 0 Å². The molecule has 0 heterocycles. The summed E-state index contributed by atoms with van der Waals surface area (Å²) in [6, 6.07) is 0.214. The van der Waals surface area contributed by atoms with Crippen LogP contribution in [0.25, 0.3) is 0 Å². The van der Waals surface area contributed by atoms with E-state index < -0.39 is 11.0 Å². The Labute approximate surface area is 92.5 Å². The van der Waals surface area contributed by atoms with E-state index in [9.17, 15) is 9.00 Å². The first kappa shape index (κ1) is 12.6. The Morgan fingerprint density at radius 3 is 2.80 bits per heavy atom. The van der Waals surface area contributed by atoms with Crippen molar-refractivity contribution in [2.45, 2.75) is 25.3 Å². The number of carbonyl (C=O) groups excluding carboxylic acids is 1. The summed E-state index contributed by atoms with van der Waals surface area (Å²) in [7, 11) is 0.841. The minimum atomic E-state index is -0.976. The second-order valence-electron chi connectivity index (χ2n) is 3.76. The van der Waals surface area contributed by atoms with Gasteiger partial charge in [0, 0.05) is 19.3 Å². The number of esters is 1. The molecule has 1 fully saturated rings. The summed E-state index contributed by atoms with van der Waals surface area (Å²) < 4.78 is 17.8. The zero-order valence-corrected chi connectivity index (χ0v) is 9.96. The molecule has 6 heteroatoms. The lowest BCUT2D eigenvalue weighted by atomic mass is 10.1. The van der Waals surface area contributed by atoms with Crippen LogP contribution in [0.4, 0.5) is 0 Å². The van der Waals surface area contributed by atoms with E-state index in [1.807, 2.05) is 7.05 Å². The summed E-state index contributed by atoms with van der Waals surface area (Å²) in [5, 5.41) is 0. The molecule has 0 spiro atoms. The fraction of sp³-hybridized carbons (Fsp3) is 0.889. The Balaban J connectivity index is 2.45. The van der Waals surface area contributed by atoms with Gasteiger partial charge in [-0.05, 0) is 19.3 Å². The number of carbonyl (C=O) groups is 1. The predicted molar refractivity (Wildman–Crippen MR) is 58.1 cm³/mol. The van der Waals surface area contributed by atoms with Crippen LogP contribution < -0.4 is 5.73 Å². The molecule has 1 aliphatic carbocycles. The molecule has 0 saturated heterocycles. The van der Waals surface area contributed by atoms with Gasteiger partial charge in [0.25, 0.3) is 0 Å². The van der Waals surface area contributed by atoms with E-state index in [1.54, 1.807) is 10.6 Å². The van der Waals surface area contributed by atoms with Crippen molar-refractivity contribution in [2.75, 3.05) is 20.0 Å². The average molecular weight is 234 g/mol. The molecule has 15 heavy (non-hydrogen) atoms. The molecular formula is C9H18N2O3S. The van der Waals surface area contributed by atoms with E-state index in [-0.39, 0.29) is 24.7 Å². The molecule has 0 bridgehead atoms. The van der Waals surface area contributed by atoms with Crippen LogP contribution in [0, 0.1) is 5.92 Å². The van der Waals surface area contributed by atoms with Crippen LogP contribution in [-0.4, -0.2) is 40.6 Å². The first-order chi connectivity index (χ1) is 7.06. The van der Waals surface area contributed by atoms with Gasteiger partial charge in [0.05, 0.1) is 16.9 Å².